The van der Waals surface area contributed by atoms with Gasteiger partial charge in [0.1, 0.15) is 0 Å². The third-order valence-corrected chi connectivity index (χ3v) is 4.28. The molecule has 2 rings (SSSR count). The van der Waals surface area contributed by atoms with Crippen LogP contribution in [0.1, 0.15) is 63.5 Å². The van der Waals surface area contributed by atoms with Gasteiger partial charge in [0.15, 0.2) is 0 Å². The number of rotatable bonds is 5. The summed E-state index contributed by atoms with van der Waals surface area (Å²) in [4.78, 5) is 12.5. The average molecular weight is 274 g/mol. The molecule has 1 aliphatic rings. The summed E-state index contributed by atoms with van der Waals surface area (Å²) >= 11 is 0. The van der Waals surface area contributed by atoms with Gasteiger partial charge in [-0.3, -0.25) is 4.79 Å². The molecule has 0 radical (unpaired) electrons. The Morgan fingerprint density at radius 2 is 1.90 bits per heavy atom. The van der Waals surface area contributed by atoms with Crippen LogP contribution in [0, 0.1) is 0 Å². The van der Waals surface area contributed by atoms with E-state index in [1.165, 1.54) is 12.0 Å². The van der Waals surface area contributed by atoms with E-state index >= 15 is 0 Å². The Labute approximate surface area is 121 Å². The van der Waals surface area contributed by atoms with Crippen molar-refractivity contribution in [1.29, 1.82) is 0 Å². The highest BCUT2D eigenvalue weighted by molar-refractivity contribution is 5.86. The van der Waals surface area contributed by atoms with Crippen molar-refractivity contribution in [2.45, 2.75) is 63.5 Å². The van der Waals surface area contributed by atoms with Crippen LogP contribution in [-0.4, -0.2) is 11.4 Å². The molecule has 0 aromatic heterocycles. The van der Waals surface area contributed by atoms with Crippen LogP contribution in [0.15, 0.2) is 30.3 Å². The molecule has 0 bridgehead atoms. The van der Waals surface area contributed by atoms with E-state index in [9.17, 15) is 4.79 Å². The zero-order valence-electron chi connectivity index (χ0n) is 12.4. The first-order valence-electron chi connectivity index (χ1n) is 7.80. The van der Waals surface area contributed by atoms with Crippen LogP contribution in [0.4, 0.5) is 0 Å². The molecule has 1 fully saturated rings. The first-order valence-corrected chi connectivity index (χ1v) is 7.80. The number of amides is 1. The van der Waals surface area contributed by atoms with Crippen molar-refractivity contribution in [3.63, 3.8) is 0 Å². The third-order valence-electron chi connectivity index (χ3n) is 4.28. The van der Waals surface area contributed by atoms with Crippen molar-refractivity contribution in [3.8, 4) is 0 Å². The summed E-state index contributed by atoms with van der Waals surface area (Å²) < 4.78 is 0. The van der Waals surface area contributed by atoms with E-state index in [1.807, 2.05) is 18.2 Å². The topological polar surface area (TPSA) is 55.1 Å². The molecule has 0 saturated heterocycles. The highest BCUT2D eigenvalue weighted by atomic mass is 16.2. The molecule has 1 saturated carbocycles. The molecule has 20 heavy (non-hydrogen) atoms. The number of nitrogens with one attached hydrogen (secondary N) is 1. The number of carbonyl (C=O) groups excluding carboxylic acids is 1. The highest BCUT2D eigenvalue weighted by Crippen LogP contribution is 2.27. The van der Waals surface area contributed by atoms with E-state index < -0.39 is 5.54 Å². The van der Waals surface area contributed by atoms with Gasteiger partial charge in [0.25, 0.3) is 0 Å². The molecule has 1 aliphatic carbocycles. The van der Waals surface area contributed by atoms with Gasteiger partial charge < -0.3 is 11.1 Å². The van der Waals surface area contributed by atoms with Crippen molar-refractivity contribution < 1.29 is 4.79 Å². The van der Waals surface area contributed by atoms with Crippen LogP contribution in [-0.2, 0) is 4.79 Å². The second kappa shape index (κ2) is 6.89. The molecule has 0 heterocycles. The Morgan fingerprint density at radius 3 is 2.50 bits per heavy atom. The summed E-state index contributed by atoms with van der Waals surface area (Å²) in [6, 6.07) is 10.3. The minimum Gasteiger partial charge on any atom is -0.348 e. The van der Waals surface area contributed by atoms with Gasteiger partial charge in [0.05, 0.1) is 11.6 Å². The second-order valence-electron chi connectivity index (χ2n) is 5.94. The minimum atomic E-state index is -0.654. The summed E-state index contributed by atoms with van der Waals surface area (Å²) in [6.45, 7) is 2.14. The molecule has 1 aromatic rings. The van der Waals surface area contributed by atoms with Gasteiger partial charge in [0.2, 0.25) is 5.91 Å². The zero-order chi connectivity index (χ0) is 14.4. The maximum absolute atomic E-state index is 12.5. The molecule has 1 amide bonds. The molecule has 1 unspecified atom stereocenters. The van der Waals surface area contributed by atoms with E-state index in [1.54, 1.807) is 0 Å². The highest BCUT2D eigenvalue weighted by Gasteiger charge is 2.36. The molecule has 3 N–H and O–H groups in total. The normalized spacial score (nSPS) is 19.3. The van der Waals surface area contributed by atoms with Crippen molar-refractivity contribution in [2.24, 2.45) is 5.73 Å². The third kappa shape index (κ3) is 3.60. The summed E-state index contributed by atoms with van der Waals surface area (Å²) in [6.07, 6.45) is 6.94. The summed E-state index contributed by atoms with van der Waals surface area (Å²) in [5.74, 6) is 0.0273. The lowest BCUT2D eigenvalue weighted by atomic mass is 9.81. The molecule has 3 heteroatoms. The van der Waals surface area contributed by atoms with E-state index in [2.05, 4.69) is 24.4 Å². The van der Waals surface area contributed by atoms with Crippen LogP contribution in [0.3, 0.4) is 0 Å². The Morgan fingerprint density at radius 1 is 1.25 bits per heavy atom. The summed E-state index contributed by atoms with van der Waals surface area (Å²) in [5.41, 5.74) is 6.83. The number of nitrogens with two attached hydrogens (primary N) is 1. The van der Waals surface area contributed by atoms with Crippen LogP contribution in [0.25, 0.3) is 0 Å². The van der Waals surface area contributed by atoms with Gasteiger partial charge in [-0.15, -0.1) is 0 Å². The predicted octanol–water partition coefficient (Wildman–Crippen LogP) is 3.31. The first-order chi connectivity index (χ1) is 9.65. The molecule has 0 aliphatic heterocycles. The number of hydrogen-bond acceptors (Lipinski definition) is 2. The Bertz CT molecular complexity index is 424. The van der Waals surface area contributed by atoms with Crippen LogP contribution >= 0.6 is 0 Å². The van der Waals surface area contributed by atoms with E-state index in [-0.39, 0.29) is 11.9 Å². The summed E-state index contributed by atoms with van der Waals surface area (Å²) in [7, 11) is 0. The number of carbonyl (C=O) groups is 1. The van der Waals surface area contributed by atoms with Gasteiger partial charge in [-0.1, -0.05) is 62.9 Å². The first kappa shape index (κ1) is 15.0. The quantitative estimate of drug-likeness (QED) is 0.865. The lowest BCUT2D eigenvalue weighted by molar-refractivity contribution is -0.128. The van der Waals surface area contributed by atoms with E-state index in [4.69, 9.17) is 5.73 Å². The zero-order valence-corrected chi connectivity index (χ0v) is 12.4. The Balaban J connectivity index is 2.06. The minimum absolute atomic E-state index is 0.0273. The monoisotopic (exact) mass is 274 g/mol. The largest absolute Gasteiger partial charge is 0.348 e. The molecular formula is C17H26N2O. The maximum Gasteiger partial charge on any atom is 0.240 e. The standard InChI is InChI=1S/C17H26N2O/c1-2-9-15(14-10-5-3-6-11-14)19-16(20)17(18)12-7-4-8-13-17/h3,5-6,10-11,15H,2,4,7-9,12-13,18H2,1H3,(H,19,20). The van der Waals surface area contributed by atoms with Gasteiger partial charge in [0, 0.05) is 0 Å². The molecule has 3 nitrogen and oxygen atoms in total. The molecule has 1 aromatic carbocycles. The smallest absolute Gasteiger partial charge is 0.240 e. The van der Waals surface area contributed by atoms with Crippen LogP contribution in [0.2, 0.25) is 0 Å². The predicted molar refractivity (Wildman–Crippen MR) is 82.2 cm³/mol. The summed E-state index contributed by atoms with van der Waals surface area (Å²) in [5, 5.41) is 3.18. The van der Waals surface area contributed by atoms with Gasteiger partial charge in [-0.25, -0.2) is 0 Å². The molecular weight excluding hydrogens is 248 g/mol. The Hall–Kier alpha value is -1.35. The molecule has 110 valence electrons. The number of benzene rings is 1. The fraction of sp³-hybridized carbons (Fsp3) is 0.588. The Kier molecular flexibility index (Phi) is 5.18. The molecule has 0 spiro atoms. The van der Waals surface area contributed by atoms with Gasteiger partial charge in [-0.2, -0.15) is 0 Å². The SMILES string of the molecule is CCCC(NC(=O)C1(N)CCCCC1)c1ccccc1. The van der Waals surface area contributed by atoms with Crippen molar-refractivity contribution in [2.75, 3.05) is 0 Å². The van der Waals surface area contributed by atoms with E-state index in [0.29, 0.717) is 0 Å². The fourth-order valence-corrected chi connectivity index (χ4v) is 3.01. The van der Waals surface area contributed by atoms with Crippen molar-refractivity contribution in [3.05, 3.63) is 35.9 Å². The van der Waals surface area contributed by atoms with Crippen LogP contribution < -0.4 is 11.1 Å². The lowest BCUT2D eigenvalue weighted by Gasteiger charge is -2.33. The fourth-order valence-electron chi connectivity index (χ4n) is 3.01. The van der Waals surface area contributed by atoms with Gasteiger partial charge >= 0.3 is 0 Å². The van der Waals surface area contributed by atoms with E-state index in [0.717, 1.165) is 38.5 Å². The molecule has 1 atom stereocenters. The van der Waals surface area contributed by atoms with Gasteiger partial charge in [-0.05, 0) is 24.8 Å². The van der Waals surface area contributed by atoms with Crippen molar-refractivity contribution in [1.82, 2.24) is 5.32 Å². The maximum atomic E-state index is 12.5. The number of hydrogen-bond donors (Lipinski definition) is 2. The lowest BCUT2D eigenvalue weighted by Crippen LogP contribution is -2.55. The van der Waals surface area contributed by atoms with Crippen molar-refractivity contribution >= 4 is 5.91 Å². The average Bonchev–Trinajstić information content (AvgIpc) is 2.48. The van der Waals surface area contributed by atoms with Crippen LogP contribution in [0.5, 0.6) is 0 Å². The second-order valence-corrected chi connectivity index (χ2v) is 5.94.